The molecular weight excluding hydrogens is 287 g/mol. The first-order valence-corrected chi connectivity index (χ1v) is 7.41. The van der Waals surface area contributed by atoms with Gasteiger partial charge < -0.3 is 10.2 Å². The van der Waals surface area contributed by atoms with Crippen molar-refractivity contribution in [1.29, 1.82) is 0 Å². The zero-order chi connectivity index (χ0) is 13.2. The molecule has 0 bridgehead atoms. The number of hydrogen-bond donors (Lipinski definition) is 2. The summed E-state index contributed by atoms with van der Waals surface area (Å²) < 4.78 is 22.7. The maximum atomic E-state index is 11.4. The van der Waals surface area contributed by atoms with Crippen LogP contribution in [0.1, 0.15) is 11.7 Å². The molecule has 96 valence electrons. The Balaban J connectivity index is 3.15. The van der Waals surface area contributed by atoms with Gasteiger partial charge in [0.1, 0.15) is 5.25 Å². The maximum Gasteiger partial charge on any atom is 0.155 e. The van der Waals surface area contributed by atoms with E-state index in [0.29, 0.717) is 5.02 Å². The third-order valence-electron chi connectivity index (χ3n) is 2.36. The van der Waals surface area contributed by atoms with Gasteiger partial charge in [-0.15, -0.1) is 0 Å². The highest BCUT2D eigenvalue weighted by molar-refractivity contribution is 7.91. The summed E-state index contributed by atoms with van der Waals surface area (Å²) in [7, 11) is -3.58. The van der Waals surface area contributed by atoms with Crippen LogP contribution in [0.3, 0.4) is 0 Å². The Morgan fingerprint density at radius 1 is 1.35 bits per heavy atom. The summed E-state index contributed by atoms with van der Waals surface area (Å²) in [6.45, 7) is -0.682. The molecule has 0 heterocycles. The van der Waals surface area contributed by atoms with E-state index in [1.54, 1.807) is 0 Å². The Labute approximate surface area is 110 Å². The van der Waals surface area contributed by atoms with Crippen molar-refractivity contribution in [2.75, 3.05) is 12.9 Å². The van der Waals surface area contributed by atoms with E-state index < -0.39 is 27.8 Å². The maximum absolute atomic E-state index is 11.4. The van der Waals surface area contributed by atoms with Crippen LogP contribution in [0.2, 0.25) is 10.0 Å². The number of hydrogen-bond acceptors (Lipinski definition) is 4. The van der Waals surface area contributed by atoms with Gasteiger partial charge in [0.15, 0.2) is 9.84 Å². The second-order valence-corrected chi connectivity index (χ2v) is 6.77. The summed E-state index contributed by atoms with van der Waals surface area (Å²) in [6.07, 6.45) is -0.444. The van der Waals surface area contributed by atoms with Gasteiger partial charge in [-0.25, -0.2) is 8.42 Å². The van der Waals surface area contributed by atoms with Gasteiger partial charge >= 0.3 is 0 Å². The average Bonchev–Trinajstić information content (AvgIpc) is 2.15. The van der Waals surface area contributed by atoms with Gasteiger partial charge in [0.05, 0.1) is 12.7 Å². The van der Waals surface area contributed by atoms with Crippen molar-refractivity contribution in [3.05, 3.63) is 33.8 Å². The van der Waals surface area contributed by atoms with E-state index in [0.717, 1.165) is 6.26 Å². The third kappa shape index (κ3) is 3.56. The molecule has 0 aliphatic rings. The van der Waals surface area contributed by atoms with Crippen molar-refractivity contribution in [3.63, 3.8) is 0 Å². The van der Waals surface area contributed by atoms with E-state index in [9.17, 15) is 13.5 Å². The second-order valence-electron chi connectivity index (χ2n) is 3.66. The predicted octanol–water partition coefficient (Wildman–Crippen LogP) is 1.43. The van der Waals surface area contributed by atoms with Crippen molar-refractivity contribution < 1.29 is 18.6 Å². The van der Waals surface area contributed by atoms with Crippen molar-refractivity contribution in [1.82, 2.24) is 0 Å². The lowest BCUT2D eigenvalue weighted by Crippen LogP contribution is -2.31. The molecule has 0 aromatic heterocycles. The Bertz CT molecular complexity index is 501. The Morgan fingerprint density at radius 3 is 2.35 bits per heavy atom. The third-order valence-corrected chi connectivity index (χ3v) is 4.43. The fourth-order valence-corrected chi connectivity index (χ4v) is 2.82. The van der Waals surface area contributed by atoms with Gasteiger partial charge in [0, 0.05) is 21.9 Å². The molecule has 2 N–H and O–H groups in total. The van der Waals surface area contributed by atoms with Gasteiger partial charge in [-0.1, -0.05) is 29.3 Å². The number of aliphatic hydroxyl groups is 2. The number of halogens is 2. The highest BCUT2D eigenvalue weighted by Crippen LogP contribution is 2.30. The molecule has 2 atom stereocenters. The second kappa shape index (κ2) is 5.54. The van der Waals surface area contributed by atoms with Crippen molar-refractivity contribution >= 4 is 33.0 Å². The normalized spacial score (nSPS) is 15.6. The summed E-state index contributed by atoms with van der Waals surface area (Å²) in [4.78, 5) is 0. The number of aliphatic hydroxyl groups excluding tert-OH is 2. The van der Waals surface area contributed by atoms with Gasteiger partial charge in [0.2, 0.25) is 0 Å². The zero-order valence-corrected chi connectivity index (χ0v) is 11.3. The van der Waals surface area contributed by atoms with Crippen LogP contribution < -0.4 is 0 Å². The van der Waals surface area contributed by atoms with Gasteiger partial charge in [-0.05, 0) is 12.1 Å². The highest BCUT2D eigenvalue weighted by atomic mass is 35.5. The minimum atomic E-state index is -3.58. The van der Waals surface area contributed by atoms with Gasteiger partial charge in [-0.2, -0.15) is 0 Å². The molecule has 0 saturated heterocycles. The van der Waals surface area contributed by atoms with Crippen molar-refractivity contribution in [2.45, 2.75) is 11.4 Å². The first kappa shape index (κ1) is 14.7. The lowest BCUT2D eigenvalue weighted by Gasteiger charge is -2.20. The molecule has 1 aromatic rings. The van der Waals surface area contributed by atoms with Crippen LogP contribution in [0.4, 0.5) is 0 Å². The summed E-state index contributed by atoms with van der Waals surface area (Å²) in [6, 6.07) is 4.32. The standard InChI is InChI=1S/C10H12Cl2O4S/c1-17(15,16)9(5-13)10(14)7-3-2-6(11)4-8(7)12/h2-4,9-10,13-14H,5H2,1H3/t9-,10-/m0/s1. The van der Waals surface area contributed by atoms with E-state index in [4.69, 9.17) is 28.3 Å². The van der Waals surface area contributed by atoms with Crippen LogP contribution in [0.15, 0.2) is 18.2 Å². The van der Waals surface area contributed by atoms with Crippen LogP contribution in [-0.4, -0.2) is 36.7 Å². The molecule has 17 heavy (non-hydrogen) atoms. The molecular formula is C10H12Cl2O4S. The molecule has 0 aliphatic heterocycles. The number of rotatable bonds is 4. The largest absolute Gasteiger partial charge is 0.395 e. The minimum absolute atomic E-state index is 0.159. The lowest BCUT2D eigenvalue weighted by atomic mass is 10.1. The van der Waals surface area contributed by atoms with E-state index in [-0.39, 0.29) is 10.6 Å². The van der Waals surface area contributed by atoms with Crippen LogP contribution in [0, 0.1) is 0 Å². The fourth-order valence-electron chi connectivity index (χ4n) is 1.41. The van der Waals surface area contributed by atoms with E-state index in [2.05, 4.69) is 0 Å². The molecule has 1 rings (SSSR count). The molecule has 0 saturated carbocycles. The average molecular weight is 299 g/mol. The molecule has 4 nitrogen and oxygen atoms in total. The van der Waals surface area contributed by atoms with Crippen LogP contribution in [-0.2, 0) is 9.84 Å². The smallest absolute Gasteiger partial charge is 0.155 e. The summed E-state index contributed by atoms with van der Waals surface area (Å²) >= 11 is 11.5. The van der Waals surface area contributed by atoms with E-state index in [1.165, 1.54) is 18.2 Å². The molecule has 0 amide bonds. The Kier molecular flexibility index (Phi) is 4.80. The summed E-state index contributed by atoms with van der Waals surface area (Å²) in [5, 5.41) is 18.2. The molecule has 0 fully saturated rings. The minimum Gasteiger partial charge on any atom is -0.395 e. The summed E-state index contributed by atoms with van der Waals surface area (Å²) in [5.41, 5.74) is 0.223. The quantitative estimate of drug-likeness (QED) is 0.882. The van der Waals surface area contributed by atoms with Gasteiger partial charge in [0.25, 0.3) is 0 Å². The topological polar surface area (TPSA) is 74.6 Å². The van der Waals surface area contributed by atoms with Crippen LogP contribution in [0.25, 0.3) is 0 Å². The van der Waals surface area contributed by atoms with Crippen molar-refractivity contribution in [3.8, 4) is 0 Å². The van der Waals surface area contributed by atoms with Crippen LogP contribution >= 0.6 is 23.2 Å². The fraction of sp³-hybridized carbons (Fsp3) is 0.400. The van der Waals surface area contributed by atoms with Crippen LogP contribution in [0.5, 0.6) is 0 Å². The SMILES string of the molecule is CS(=O)(=O)[C@@H](CO)[C@@H](O)c1ccc(Cl)cc1Cl. The van der Waals surface area contributed by atoms with Gasteiger partial charge in [-0.3, -0.25) is 0 Å². The Morgan fingerprint density at radius 2 is 1.94 bits per heavy atom. The molecule has 1 aromatic carbocycles. The molecule has 0 aliphatic carbocycles. The first-order valence-electron chi connectivity index (χ1n) is 4.70. The predicted molar refractivity (Wildman–Crippen MR) is 67.1 cm³/mol. The van der Waals surface area contributed by atoms with E-state index >= 15 is 0 Å². The molecule has 0 spiro atoms. The first-order chi connectivity index (χ1) is 7.77. The van der Waals surface area contributed by atoms with Crippen molar-refractivity contribution in [2.24, 2.45) is 0 Å². The monoisotopic (exact) mass is 298 g/mol. The molecule has 0 unspecified atom stereocenters. The number of sulfone groups is 1. The zero-order valence-electron chi connectivity index (χ0n) is 8.97. The Hall–Kier alpha value is -0.330. The lowest BCUT2D eigenvalue weighted by molar-refractivity contribution is 0.138. The summed E-state index contributed by atoms with van der Waals surface area (Å²) in [5.74, 6) is 0. The number of benzene rings is 1. The highest BCUT2D eigenvalue weighted by Gasteiger charge is 2.30. The van der Waals surface area contributed by atoms with E-state index in [1.807, 2.05) is 0 Å². The molecule has 7 heteroatoms. The molecule has 0 radical (unpaired) electrons.